The number of carbonyl (C=O) groups excluding carboxylic acids is 1. The standard InChI is InChI=1S/C21H31N3O3/c1-15(2)17(4)24(12-18-9-7-6-8-16(18)3)13-20-23-19(14-27-20)21(25)22-10-11-26-5/h6-9,14-15,17H,10-13H2,1-5H3,(H,22,25). The van der Waals surface area contributed by atoms with Gasteiger partial charge in [-0.2, -0.15) is 0 Å². The van der Waals surface area contributed by atoms with Gasteiger partial charge in [0, 0.05) is 26.2 Å². The summed E-state index contributed by atoms with van der Waals surface area (Å²) >= 11 is 0. The highest BCUT2D eigenvalue weighted by molar-refractivity contribution is 5.91. The predicted octanol–water partition coefficient (Wildman–Crippen LogP) is 3.41. The quantitative estimate of drug-likeness (QED) is 0.647. The van der Waals surface area contributed by atoms with Crippen LogP contribution in [0.5, 0.6) is 0 Å². The number of benzene rings is 1. The van der Waals surface area contributed by atoms with Crippen molar-refractivity contribution < 1.29 is 13.9 Å². The summed E-state index contributed by atoms with van der Waals surface area (Å²) in [5.41, 5.74) is 2.85. The maximum Gasteiger partial charge on any atom is 0.273 e. The van der Waals surface area contributed by atoms with E-state index in [9.17, 15) is 4.79 Å². The number of hydrogen-bond donors (Lipinski definition) is 1. The van der Waals surface area contributed by atoms with Gasteiger partial charge in [0.05, 0.1) is 13.2 Å². The summed E-state index contributed by atoms with van der Waals surface area (Å²) in [4.78, 5) is 18.8. The first-order chi connectivity index (χ1) is 12.9. The number of rotatable bonds is 10. The van der Waals surface area contributed by atoms with Crippen molar-refractivity contribution in [3.8, 4) is 0 Å². The molecule has 1 aromatic carbocycles. The number of methoxy groups -OCH3 is 1. The Morgan fingerprint density at radius 2 is 2.00 bits per heavy atom. The van der Waals surface area contributed by atoms with Gasteiger partial charge in [0.15, 0.2) is 5.69 Å². The average molecular weight is 373 g/mol. The first-order valence-corrected chi connectivity index (χ1v) is 9.42. The summed E-state index contributed by atoms with van der Waals surface area (Å²) in [7, 11) is 1.60. The van der Waals surface area contributed by atoms with E-state index in [0.717, 1.165) is 6.54 Å². The van der Waals surface area contributed by atoms with Crippen molar-refractivity contribution in [1.29, 1.82) is 0 Å². The lowest BCUT2D eigenvalue weighted by Crippen LogP contribution is -2.36. The van der Waals surface area contributed by atoms with Crippen LogP contribution in [0.4, 0.5) is 0 Å². The van der Waals surface area contributed by atoms with Crippen LogP contribution in [0.3, 0.4) is 0 Å². The Morgan fingerprint density at radius 1 is 1.26 bits per heavy atom. The summed E-state index contributed by atoms with van der Waals surface area (Å²) in [6.07, 6.45) is 1.42. The monoisotopic (exact) mass is 373 g/mol. The topological polar surface area (TPSA) is 67.6 Å². The van der Waals surface area contributed by atoms with Crippen LogP contribution in [-0.4, -0.2) is 42.1 Å². The Labute approximate surface area is 161 Å². The fourth-order valence-electron chi connectivity index (χ4n) is 2.79. The van der Waals surface area contributed by atoms with Crippen LogP contribution in [0, 0.1) is 12.8 Å². The molecule has 6 heteroatoms. The maximum absolute atomic E-state index is 12.1. The number of hydrogen-bond acceptors (Lipinski definition) is 5. The molecule has 0 saturated heterocycles. The normalized spacial score (nSPS) is 12.6. The zero-order chi connectivity index (χ0) is 19.8. The van der Waals surface area contributed by atoms with E-state index in [1.807, 2.05) is 0 Å². The zero-order valence-electron chi connectivity index (χ0n) is 17.0. The summed E-state index contributed by atoms with van der Waals surface area (Å²) < 4.78 is 10.5. The largest absolute Gasteiger partial charge is 0.447 e. The lowest BCUT2D eigenvalue weighted by molar-refractivity contribution is 0.0932. The molecule has 0 aliphatic heterocycles. The first kappa shape index (κ1) is 21.1. The molecule has 0 bridgehead atoms. The van der Waals surface area contributed by atoms with Gasteiger partial charge in [-0.25, -0.2) is 4.98 Å². The number of nitrogens with one attached hydrogen (secondary N) is 1. The number of aryl methyl sites for hydroxylation is 1. The Kier molecular flexibility index (Phi) is 8.00. The third kappa shape index (κ3) is 6.19. The second-order valence-corrected chi connectivity index (χ2v) is 7.19. The van der Waals surface area contributed by atoms with E-state index in [4.69, 9.17) is 9.15 Å². The van der Waals surface area contributed by atoms with Crippen molar-refractivity contribution in [1.82, 2.24) is 15.2 Å². The molecular weight excluding hydrogens is 342 g/mol. The van der Waals surface area contributed by atoms with Gasteiger partial charge in [0.2, 0.25) is 5.89 Å². The number of aromatic nitrogens is 1. The third-order valence-electron chi connectivity index (χ3n) is 4.89. The fraction of sp³-hybridized carbons (Fsp3) is 0.524. The molecular formula is C21H31N3O3. The highest BCUT2D eigenvalue weighted by Crippen LogP contribution is 2.19. The van der Waals surface area contributed by atoms with Crippen molar-refractivity contribution in [3.05, 3.63) is 53.2 Å². The van der Waals surface area contributed by atoms with Gasteiger partial charge in [-0.3, -0.25) is 9.69 Å². The van der Waals surface area contributed by atoms with Gasteiger partial charge in [-0.1, -0.05) is 38.1 Å². The minimum Gasteiger partial charge on any atom is -0.447 e. The Balaban J connectivity index is 2.09. The van der Waals surface area contributed by atoms with Crippen molar-refractivity contribution in [2.45, 2.75) is 46.8 Å². The first-order valence-electron chi connectivity index (χ1n) is 9.42. The molecule has 148 valence electrons. The smallest absolute Gasteiger partial charge is 0.273 e. The van der Waals surface area contributed by atoms with E-state index in [1.165, 1.54) is 17.4 Å². The molecule has 1 aromatic heterocycles. The highest BCUT2D eigenvalue weighted by Gasteiger charge is 2.21. The van der Waals surface area contributed by atoms with Crippen LogP contribution >= 0.6 is 0 Å². The molecule has 0 fully saturated rings. The molecule has 0 saturated carbocycles. The van der Waals surface area contributed by atoms with Crippen LogP contribution in [0.2, 0.25) is 0 Å². The average Bonchev–Trinajstić information content (AvgIpc) is 3.11. The van der Waals surface area contributed by atoms with E-state index in [1.54, 1.807) is 7.11 Å². The molecule has 1 atom stereocenters. The lowest BCUT2D eigenvalue weighted by Gasteiger charge is -2.31. The molecule has 1 N–H and O–H groups in total. The van der Waals surface area contributed by atoms with Crippen LogP contribution in [0.1, 0.15) is 48.3 Å². The molecule has 0 aliphatic rings. The van der Waals surface area contributed by atoms with Crippen molar-refractivity contribution in [3.63, 3.8) is 0 Å². The van der Waals surface area contributed by atoms with Crippen LogP contribution in [0.15, 0.2) is 34.9 Å². The van der Waals surface area contributed by atoms with E-state index in [-0.39, 0.29) is 5.91 Å². The second kappa shape index (κ2) is 10.2. The third-order valence-corrected chi connectivity index (χ3v) is 4.89. The minimum atomic E-state index is -0.246. The molecule has 6 nitrogen and oxygen atoms in total. The lowest BCUT2D eigenvalue weighted by atomic mass is 10.0. The van der Waals surface area contributed by atoms with E-state index in [2.05, 4.69) is 67.2 Å². The van der Waals surface area contributed by atoms with Crippen LogP contribution in [-0.2, 0) is 17.8 Å². The van der Waals surface area contributed by atoms with Gasteiger partial charge in [0.25, 0.3) is 5.91 Å². The number of amides is 1. The zero-order valence-corrected chi connectivity index (χ0v) is 17.0. The number of carbonyl (C=O) groups is 1. The van der Waals surface area contributed by atoms with Crippen LogP contribution in [0.25, 0.3) is 0 Å². The molecule has 2 rings (SSSR count). The van der Waals surface area contributed by atoms with Crippen molar-refractivity contribution in [2.24, 2.45) is 5.92 Å². The Morgan fingerprint density at radius 3 is 2.67 bits per heavy atom. The molecule has 0 aliphatic carbocycles. The maximum atomic E-state index is 12.1. The summed E-state index contributed by atoms with van der Waals surface area (Å²) in [5.74, 6) is 0.790. The van der Waals surface area contributed by atoms with E-state index in [0.29, 0.717) is 43.2 Å². The Hall–Kier alpha value is -2.18. The van der Waals surface area contributed by atoms with Gasteiger partial charge in [-0.15, -0.1) is 0 Å². The van der Waals surface area contributed by atoms with E-state index >= 15 is 0 Å². The molecule has 0 radical (unpaired) electrons. The van der Waals surface area contributed by atoms with Gasteiger partial charge in [0.1, 0.15) is 6.26 Å². The van der Waals surface area contributed by atoms with E-state index < -0.39 is 0 Å². The molecule has 0 spiro atoms. The highest BCUT2D eigenvalue weighted by atomic mass is 16.5. The molecule has 1 unspecified atom stereocenters. The van der Waals surface area contributed by atoms with Crippen molar-refractivity contribution >= 4 is 5.91 Å². The summed E-state index contributed by atoms with van der Waals surface area (Å²) in [6, 6.07) is 8.74. The summed E-state index contributed by atoms with van der Waals surface area (Å²) in [6.45, 7) is 11.0. The fourth-order valence-corrected chi connectivity index (χ4v) is 2.79. The van der Waals surface area contributed by atoms with Crippen molar-refractivity contribution in [2.75, 3.05) is 20.3 Å². The van der Waals surface area contributed by atoms with Gasteiger partial charge in [-0.05, 0) is 30.9 Å². The van der Waals surface area contributed by atoms with Gasteiger partial charge < -0.3 is 14.5 Å². The van der Waals surface area contributed by atoms with Gasteiger partial charge >= 0.3 is 0 Å². The van der Waals surface area contributed by atoms with Crippen LogP contribution < -0.4 is 5.32 Å². The summed E-state index contributed by atoms with van der Waals surface area (Å²) in [5, 5.41) is 2.75. The Bertz CT molecular complexity index is 727. The second-order valence-electron chi connectivity index (χ2n) is 7.19. The minimum absolute atomic E-state index is 0.246. The molecule has 27 heavy (non-hydrogen) atoms. The number of oxazole rings is 1. The predicted molar refractivity (Wildman–Crippen MR) is 105 cm³/mol. The number of nitrogens with zero attached hydrogens (tertiary/aromatic N) is 2. The molecule has 2 aromatic rings. The SMILES string of the molecule is COCCNC(=O)c1coc(CN(Cc2ccccc2C)C(C)C(C)C)n1. The molecule has 1 heterocycles. The number of ether oxygens (including phenoxy) is 1. The molecule has 1 amide bonds.